The van der Waals surface area contributed by atoms with E-state index in [-0.39, 0.29) is 29.1 Å². The van der Waals surface area contributed by atoms with Crippen LogP contribution in [-0.2, 0) is 10.0 Å². The Morgan fingerprint density at radius 1 is 1.42 bits per heavy atom. The molecule has 4 N–H and O–H groups in total. The third kappa shape index (κ3) is 3.23. The van der Waals surface area contributed by atoms with Gasteiger partial charge in [0.05, 0.1) is 11.8 Å². The van der Waals surface area contributed by atoms with Crippen molar-refractivity contribution in [2.24, 2.45) is 5.92 Å². The van der Waals surface area contributed by atoms with Crippen molar-refractivity contribution in [1.29, 1.82) is 0 Å². The van der Waals surface area contributed by atoms with Crippen LogP contribution in [0.25, 0.3) is 0 Å². The Hall–Kier alpha value is -1.18. The number of anilines is 1. The van der Waals surface area contributed by atoms with Gasteiger partial charge in [-0.15, -0.1) is 0 Å². The van der Waals surface area contributed by atoms with Crippen LogP contribution in [0.2, 0.25) is 0 Å². The Morgan fingerprint density at radius 2 is 2.16 bits per heavy atom. The summed E-state index contributed by atoms with van der Waals surface area (Å²) in [6, 6.07) is 3.69. The number of aliphatic hydroxyl groups is 1. The summed E-state index contributed by atoms with van der Waals surface area (Å²) in [4.78, 5) is -0.244. The largest absolute Gasteiger partial charge is 0.395 e. The molecule has 2 unspecified atom stereocenters. The van der Waals surface area contributed by atoms with E-state index in [0.29, 0.717) is 12.8 Å². The molecule has 1 aromatic rings. The average molecular weight is 288 g/mol. The van der Waals surface area contributed by atoms with Crippen molar-refractivity contribution < 1.29 is 17.9 Å². The highest BCUT2D eigenvalue weighted by Crippen LogP contribution is 2.26. The van der Waals surface area contributed by atoms with Gasteiger partial charge in [-0.05, 0) is 37.3 Å². The summed E-state index contributed by atoms with van der Waals surface area (Å²) in [5, 5.41) is 9.38. The molecule has 2 atom stereocenters. The van der Waals surface area contributed by atoms with E-state index >= 15 is 0 Å². The average Bonchev–Trinajstić information content (AvgIpc) is 2.76. The van der Waals surface area contributed by atoms with Crippen LogP contribution in [0.5, 0.6) is 0 Å². The number of hydrogen-bond donors (Lipinski definition) is 3. The lowest BCUT2D eigenvalue weighted by Crippen LogP contribution is -2.29. The van der Waals surface area contributed by atoms with Gasteiger partial charge in [0, 0.05) is 6.54 Å². The molecular weight excluding hydrogens is 271 g/mol. The van der Waals surface area contributed by atoms with Crippen molar-refractivity contribution in [3.63, 3.8) is 0 Å². The van der Waals surface area contributed by atoms with Crippen LogP contribution < -0.4 is 10.5 Å². The fourth-order valence-electron chi connectivity index (χ4n) is 2.29. The molecule has 0 saturated heterocycles. The molecule has 1 aromatic carbocycles. The summed E-state index contributed by atoms with van der Waals surface area (Å²) in [6.07, 6.45) is 1.70. The zero-order valence-corrected chi connectivity index (χ0v) is 11.2. The van der Waals surface area contributed by atoms with Crippen LogP contribution in [0.4, 0.5) is 10.1 Å². The van der Waals surface area contributed by atoms with Crippen molar-refractivity contribution in [2.45, 2.75) is 30.3 Å². The fourth-order valence-corrected chi connectivity index (χ4v) is 3.55. The lowest BCUT2D eigenvalue weighted by atomic mass is 10.1. The maximum absolute atomic E-state index is 13.3. The van der Waals surface area contributed by atoms with Gasteiger partial charge in [0.2, 0.25) is 10.0 Å². The van der Waals surface area contributed by atoms with E-state index in [1.807, 2.05) is 0 Å². The molecule has 0 radical (unpaired) electrons. The number of rotatable bonds is 4. The number of halogens is 1. The maximum Gasteiger partial charge on any atom is 0.242 e. The zero-order chi connectivity index (χ0) is 14.0. The smallest absolute Gasteiger partial charge is 0.242 e. The molecule has 0 spiro atoms. The quantitative estimate of drug-likeness (QED) is 0.716. The molecule has 1 aliphatic carbocycles. The van der Waals surface area contributed by atoms with Gasteiger partial charge in [-0.3, -0.25) is 0 Å². The van der Waals surface area contributed by atoms with E-state index in [4.69, 9.17) is 5.73 Å². The Morgan fingerprint density at radius 3 is 2.79 bits per heavy atom. The van der Waals surface area contributed by atoms with Crippen LogP contribution in [0, 0.1) is 11.7 Å². The first-order valence-electron chi connectivity index (χ1n) is 6.12. The fraction of sp³-hybridized carbons (Fsp3) is 0.500. The van der Waals surface area contributed by atoms with E-state index in [9.17, 15) is 17.9 Å². The molecule has 106 valence electrons. The topological polar surface area (TPSA) is 92.4 Å². The number of benzene rings is 1. The van der Waals surface area contributed by atoms with E-state index in [2.05, 4.69) is 4.72 Å². The second-order valence-corrected chi connectivity index (χ2v) is 6.57. The number of nitrogens with one attached hydrogen (secondary N) is 1. The summed E-state index contributed by atoms with van der Waals surface area (Å²) in [7, 11) is -3.82. The minimum Gasteiger partial charge on any atom is -0.395 e. The van der Waals surface area contributed by atoms with Crippen LogP contribution in [0.3, 0.4) is 0 Å². The van der Waals surface area contributed by atoms with E-state index in [1.165, 1.54) is 12.1 Å². The number of sulfonamides is 1. The zero-order valence-electron chi connectivity index (χ0n) is 10.3. The van der Waals surface area contributed by atoms with Gasteiger partial charge in [-0.2, -0.15) is 0 Å². The Labute approximate surface area is 111 Å². The summed E-state index contributed by atoms with van der Waals surface area (Å²) in [6.45, 7) is 0.231. The first-order valence-corrected chi connectivity index (χ1v) is 7.60. The number of hydrogen-bond acceptors (Lipinski definition) is 4. The van der Waals surface area contributed by atoms with Crippen LogP contribution >= 0.6 is 0 Å². The summed E-state index contributed by atoms with van der Waals surface area (Å²) >= 11 is 0. The molecule has 1 aliphatic rings. The Bertz CT molecular complexity index is 562. The monoisotopic (exact) mass is 288 g/mol. The molecule has 0 bridgehead atoms. The van der Waals surface area contributed by atoms with E-state index in [1.54, 1.807) is 0 Å². The second-order valence-electron chi connectivity index (χ2n) is 4.84. The standard InChI is InChI=1S/C12H17FN2O3S/c13-10-2-1-3-11(12(10)14)19(17,18)15-7-8-4-5-9(16)6-8/h1-3,8-9,15-16H,4-7,14H2. The minimum absolute atomic E-state index is 0.111. The van der Waals surface area contributed by atoms with Gasteiger partial charge in [-0.25, -0.2) is 17.5 Å². The lowest BCUT2D eigenvalue weighted by Gasteiger charge is -2.13. The van der Waals surface area contributed by atoms with E-state index in [0.717, 1.165) is 12.5 Å². The van der Waals surface area contributed by atoms with Gasteiger partial charge in [0.25, 0.3) is 0 Å². The van der Waals surface area contributed by atoms with Gasteiger partial charge in [0.15, 0.2) is 0 Å². The molecule has 19 heavy (non-hydrogen) atoms. The normalized spacial score (nSPS) is 23.7. The highest BCUT2D eigenvalue weighted by Gasteiger charge is 2.25. The molecular formula is C12H17FN2O3S. The van der Waals surface area contributed by atoms with E-state index < -0.39 is 15.8 Å². The van der Waals surface area contributed by atoms with Gasteiger partial charge >= 0.3 is 0 Å². The third-order valence-electron chi connectivity index (χ3n) is 3.38. The number of nitrogen functional groups attached to an aromatic ring is 1. The van der Waals surface area contributed by atoms with Crippen molar-refractivity contribution in [3.8, 4) is 0 Å². The van der Waals surface area contributed by atoms with Gasteiger partial charge in [0.1, 0.15) is 10.7 Å². The first kappa shape index (κ1) is 14.2. The molecule has 1 fully saturated rings. The van der Waals surface area contributed by atoms with Crippen molar-refractivity contribution in [2.75, 3.05) is 12.3 Å². The Balaban J connectivity index is 2.08. The van der Waals surface area contributed by atoms with Crippen molar-refractivity contribution in [1.82, 2.24) is 4.72 Å². The van der Waals surface area contributed by atoms with Crippen LogP contribution in [-0.4, -0.2) is 26.2 Å². The molecule has 0 amide bonds. The Kier molecular flexibility index (Phi) is 4.07. The van der Waals surface area contributed by atoms with Crippen molar-refractivity contribution >= 4 is 15.7 Å². The third-order valence-corrected chi connectivity index (χ3v) is 4.86. The number of aliphatic hydroxyl groups excluding tert-OH is 1. The molecule has 1 saturated carbocycles. The number of para-hydroxylation sites is 1. The molecule has 5 nitrogen and oxygen atoms in total. The summed E-state index contributed by atoms with van der Waals surface area (Å²) < 4.78 is 39.7. The summed E-state index contributed by atoms with van der Waals surface area (Å²) in [5.41, 5.74) is 5.07. The number of nitrogens with two attached hydrogens (primary N) is 1. The summed E-state index contributed by atoms with van der Waals surface area (Å²) in [5.74, 6) is -0.640. The lowest BCUT2D eigenvalue weighted by molar-refractivity contribution is 0.178. The van der Waals surface area contributed by atoms with Crippen LogP contribution in [0.15, 0.2) is 23.1 Å². The highest BCUT2D eigenvalue weighted by atomic mass is 32.2. The SMILES string of the molecule is Nc1c(F)cccc1S(=O)(=O)NCC1CCC(O)C1. The predicted molar refractivity (Wildman–Crippen MR) is 69.3 cm³/mol. The molecule has 2 rings (SSSR count). The van der Waals surface area contributed by atoms with Gasteiger partial charge < -0.3 is 10.8 Å². The highest BCUT2D eigenvalue weighted by molar-refractivity contribution is 7.89. The second kappa shape index (κ2) is 5.44. The van der Waals surface area contributed by atoms with Crippen LogP contribution in [0.1, 0.15) is 19.3 Å². The van der Waals surface area contributed by atoms with Gasteiger partial charge in [-0.1, -0.05) is 6.07 Å². The minimum atomic E-state index is -3.82. The van der Waals surface area contributed by atoms with Crippen molar-refractivity contribution in [3.05, 3.63) is 24.0 Å². The molecule has 7 heteroatoms. The predicted octanol–water partition coefficient (Wildman–Crippen LogP) is 0.847. The molecule has 0 heterocycles. The maximum atomic E-state index is 13.3. The molecule has 0 aromatic heterocycles. The molecule has 0 aliphatic heterocycles. The first-order chi connectivity index (χ1) is 8.90.